The highest BCUT2D eigenvalue weighted by Gasteiger charge is 2.38. The van der Waals surface area contributed by atoms with Crippen LogP contribution in [0, 0.1) is 6.92 Å². The molecule has 0 bridgehead atoms. The molecule has 0 saturated carbocycles. The molecule has 1 aromatic rings. The molecular weight excluding hydrogens is 284 g/mol. The summed E-state index contributed by atoms with van der Waals surface area (Å²) in [6.07, 6.45) is 0.0260. The average Bonchev–Trinajstić information content (AvgIpc) is 2.27. The van der Waals surface area contributed by atoms with Crippen LogP contribution in [-0.4, -0.2) is 24.4 Å². The Labute approximate surface area is 127 Å². The van der Waals surface area contributed by atoms with E-state index in [4.69, 9.17) is 4.43 Å². The third-order valence-electron chi connectivity index (χ3n) is 3.97. The Hall–Kier alpha value is -0.453. The van der Waals surface area contributed by atoms with Gasteiger partial charge in [-0.05, 0) is 44.1 Å². The quantitative estimate of drug-likeness (QED) is 0.748. The topological polar surface area (TPSA) is 26.3 Å². The largest absolute Gasteiger partial charge is 0.413 e. The van der Waals surface area contributed by atoms with E-state index in [1.54, 1.807) is 0 Å². The van der Waals surface area contributed by atoms with E-state index in [0.29, 0.717) is 5.75 Å². The summed E-state index contributed by atoms with van der Waals surface area (Å²) in [6, 6.07) is 7.91. The van der Waals surface area contributed by atoms with Crippen molar-refractivity contribution in [3.05, 3.63) is 29.8 Å². The summed E-state index contributed by atoms with van der Waals surface area (Å²) in [4.78, 5) is 0.890. The molecule has 0 radical (unpaired) electrons. The van der Waals surface area contributed by atoms with Crippen LogP contribution in [0.3, 0.4) is 0 Å². The molecule has 0 fully saturated rings. The second-order valence-electron chi connectivity index (χ2n) is 7.01. The molecule has 0 saturated heterocycles. The molecule has 114 valence electrons. The molecule has 1 aromatic carbocycles. The second-order valence-corrected chi connectivity index (χ2v) is 13.3. The summed E-state index contributed by atoms with van der Waals surface area (Å²) >= 11 is 0. The van der Waals surface area contributed by atoms with Crippen LogP contribution in [0.5, 0.6) is 0 Å². The fourth-order valence-corrected chi connectivity index (χ4v) is 4.40. The zero-order chi connectivity index (χ0) is 15.6. The molecule has 0 aliphatic carbocycles. The standard InChI is InChI=1S/C16H28O2SSi/c1-13-8-10-15(11-9-13)19(17)12-14(2)18-20(6,7)16(3,4)5/h8-11,14H,12H2,1-7H3/t14-,19+/m1/s1. The summed E-state index contributed by atoms with van der Waals surface area (Å²) in [7, 11) is -2.77. The number of benzene rings is 1. The molecule has 0 amide bonds. The zero-order valence-corrected chi connectivity index (χ0v) is 15.6. The summed E-state index contributed by atoms with van der Waals surface area (Å²) in [5.41, 5.74) is 1.19. The van der Waals surface area contributed by atoms with E-state index in [0.717, 1.165) is 4.90 Å². The van der Waals surface area contributed by atoms with Crippen molar-refractivity contribution in [1.82, 2.24) is 0 Å². The van der Waals surface area contributed by atoms with Gasteiger partial charge in [-0.2, -0.15) is 0 Å². The lowest BCUT2D eigenvalue weighted by atomic mass is 10.2. The molecule has 20 heavy (non-hydrogen) atoms. The van der Waals surface area contributed by atoms with Crippen molar-refractivity contribution in [1.29, 1.82) is 0 Å². The maximum atomic E-state index is 12.3. The summed E-state index contributed by atoms with van der Waals surface area (Å²) in [6.45, 7) is 15.2. The minimum absolute atomic E-state index is 0.0260. The molecule has 0 aliphatic heterocycles. The maximum absolute atomic E-state index is 12.3. The third-order valence-corrected chi connectivity index (χ3v) is 10.1. The summed E-state index contributed by atoms with van der Waals surface area (Å²) in [5, 5.41) is 0.187. The van der Waals surface area contributed by atoms with Crippen LogP contribution in [0.15, 0.2) is 29.2 Å². The molecule has 0 heterocycles. The predicted octanol–water partition coefficient (Wildman–Crippen LogP) is 4.51. The molecule has 0 aliphatic rings. The van der Waals surface area contributed by atoms with Gasteiger partial charge in [0.25, 0.3) is 0 Å². The molecule has 0 unspecified atom stereocenters. The van der Waals surface area contributed by atoms with Crippen molar-refractivity contribution in [3.8, 4) is 0 Å². The highest BCUT2D eigenvalue weighted by molar-refractivity contribution is 7.85. The Bertz CT molecular complexity index is 460. The van der Waals surface area contributed by atoms with E-state index < -0.39 is 19.1 Å². The van der Waals surface area contributed by atoms with E-state index >= 15 is 0 Å². The van der Waals surface area contributed by atoms with Gasteiger partial charge in [0.15, 0.2) is 8.32 Å². The number of hydrogen-bond donors (Lipinski definition) is 0. The van der Waals surface area contributed by atoms with Gasteiger partial charge in [0, 0.05) is 4.90 Å². The lowest BCUT2D eigenvalue weighted by Crippen LogP contribution is -2.44. The molecule has 0 spiro atoms. The molecular formula is C16H28O2SSi. The molecule has 1 rings (SSSR count). The van der Waals surface area contributed by atoms with Crippen LogP contribution in [0.1, 0.15) is 33.3 Å². The van der Waals surface area contributed by atoms with Crippen molar-refractivity contribution in [2.24, 2.45) is 0 Å². The Kier molecular flexibility index (Phi) is 5.76. The lowest BCUT2D eigenvalue weighted by Gasteiger charge is -2.38. The van der Waals surface area contributed by atoms with Crippen LogP contribution in [0.2, 0.25) is 18.1 Å². The van der Waals surface area contributed by atoms with Gasteiger partial charge < -0.3 is 4.43 Å². The fourth-order valence-electron chi connectivity index (χ4n) is 1.71. The Morgan fingerprint density at radius 2 is 1.70 bits per heavy atom. The monoisotopic (exact) mass is 312 g/mol. The van der Waals surface area contributed by atoms with E-state index in [9.17, 15) is 4.21 Å². The van der Waals surface area contributed by atoms with Crippen molar-refractivity contribution < 1.29 is 8.63 Å². The first-order valence-corrected chi connectivity index (χ1v) is 11.4. The average molecular weight is 313 g/mol. The van der Waals surface area contributed by atoms with Gasteiger partial charge in [0.2, 0.25) is 0 Å². The van der Waals surface area contributed by atoms with Gasteiger partial charge in [-0.1, -0.05) is 38.5 Å². The highest BCUT2D eigenvalue weighted by atomic mass is 32.2. The second kappa shape index (κ2) is 6.54. The first kappa shape index (κ1) is 17.6. The first-order valence-electron chi connectivity index (χ1n) is 7.16. The van der Waals surface area contributed by atoms with Crippen molar-refractivity contribution in [2.75, 3.05) is 5.75 Å². The van der Waals surface area contributed by atoms with Crippen molar-refractivity contribution >= 4 is 19.1 Å². The lowest BCUT2D eigenvalue weighted by molar-refractivity contribution is 0.221. The van der Waals surface area contributed by atoms with E-state index in [1.165, 1.54) is 5.56 Å². The fraction of sp³-hybridized carbons (Fsp3) is 0.625. The SMILES string of the molecule is Cc1ccc([S@@](=O)C[C@@H](C)O[Si](C)(C)C(C)(C)C)cc1. The van der Waals surface area contributed by atoms with Crippen molar-refractivity contribution in [2.45, 2.75) is 63.8 Å². The highest BCUT2D eigenvalue weighted by Crippen LogP contribution is 2.37. The number of rotatable bonds is 5. The molecule has 4 heteroatoms. The van der Waals surface area contributed by atoms with E-state index in [1.807, 2.05) is 38.1 Å². The van der Waals surface area contributed by atoms with Gasteiger partial charge in [-0.15, -0.1) is 0 Å². The smallest absolute Gasteiger partial charge is 0.192 e. The van der Waals surface area contributed by atoms with E-state index in [2.05, 4.69) is 33.9 Å². The summed E-state index contributed by atoms with van der Waals surface area (Å²) in [5.74, 6) is 0.565. The van der Waals surface area contributed by atoms with Crippen LogP contribution in [0.25, 0.3) is 0 Å². The van der Waals surface area contributed by atoms with Crippen LogP contribution in [0.4, 0.5) is 0 Å². The number of aryl methyl sites for hydroxylation is 1. The van der Waals surface area contributed by atoms with Crippen LogP contribution >= 0.6 is 0 Å². The Morgan fingerprint density at radius 3 is 2.15 bits per heavy atom. The first-order chi connectivity index (χ1) is 9.03. The Balaban J connectivity index is 2.65. The van der Waals surface area contributed by atoms with Gasteiger partial charge in [0.1, 0.15) is 0 Å². The zero-order valence-electron chi connectivity index (χ0n) is 13.8. The van der Waals surface area contributed by atoms with Crippen molar-refractivity contribution in [3.63, 3.8) is 0 Å². The van der Waals surface area contributed by atoms with Gasteiger partial charge in [-0.25, -0.2) is 0 Å². The van der Waals surface area contributed by atoms with Crippen LogP contribution < -0.4 is 0 Å². The molecule has 2 nitrogen and oxygen atoms in total. The molecule has 2 atom stereocenters. The predicted molar refractivity (Wildman–Crippen MR) is 90.2 cm³/mol. The van der Waals surface area contributed by atoms with Gasteiger partial charge in [0.05, 0.1) is 22.7 Å². The Morgan fingerprint density at radius 1 is 1.20 bits per heavy atom. The normalized spacial score (nSPS) is 15.9. The summed E-state index contributed by atoms with van der Waals surface area (Å²) < 4.78 is 18.6. The maximum Gasteiger partial charge on any atom is 0.192 e. The molecule has 0 aromatic heterocycles. The third kappa shape index (κ3) is 4.83. The minimum atomic E-state index is -1.78. The van der Waals surface area contributed by atoms with Gasteiger partial charge in [-0.3, -0.25) is 4.21 Å². The van der Waals surface area contributed by atoms with Gasteiger partial charge >= 0.3 is 0 Å². The van der Waals surface area contributed by atoms with E-state index in [-0.39, 0.29) is 11.1 Å². The molecule has 0 N–H and O–H groups in total. The number of hydrogen-bond acceptors (Lipinski definition) is 2. The minimum Gasteiger partial charge on any atom is -0.413 e. The van der Waals surface area contributed by atoms with Crippen LogP contribution in [-0.2, 0) is 15.2 Å².